The Morgan fingerprint density at radius 3 is 2.86 bits per heavy atom. The summed E-state index contributed by atoms with van der Waals surface area (Å²) < 4.78 is 5.18. The lowest BCUT2D eigenvalue weighted by Gasteiger charge is -2.41. The van der Waals surface area contributed by atoms with Crippen molar-refractivity contribution in [1.29, 1.82) is 0 Å². The molecule has 0 aromatic carbocycles. The van der Waals surface area contributed by atoms with Gasteiger partial charge < -0.3 is 10.1 Å². The first kappa shape index (κ1) is 9.06. The highest BCUT2D eigenvalue weighted by Crippen LogP contribution is 2.40. The van der Waals surface area contributed by atoms with Crippen molar-refractivity contribution in [1.82, 2.24) is 5.32 Å². The molecule has 0 aromatic rings. The van der Waals surface area contributed by atoms with E-state index < -0.39 is 0 Å². The Morgan fingerprint density at radius 2 is 2.21 bits per heavy atom. The molecule has 3 nitrogen and oxygen atoms in total. The van der Waals surface area contributed by atoms with Crippen LogP contribution in [0.1, 0.15) is 19.3 Å². The maximum Gasteiger partial charge on any atom is 0.294 e. The Kier molecular flexibility index (Phi) is 2.39. The topological polar surface area (TPSA) is 38.3 Å². The molecule has 1 N–H and O–H groups in total. The standard InChI is InChI=1S/C11H13NO2/c13-9-14-11(6-4-7-11)10-5-2-1-3-8-12-10/h1-3,5,8-9,12H,4,6-7H2. The van der Waals surface area contributed by atoms with Gasteiger partial charge in [0.25, 0.3) is 6.47 Å². The predicted molar refractivity (Wildman–Crippen MR) is 53.2 cm³/mol. The van der Waals surface area contributed by atoms with Crippen LogP contribution >= 0.6 is 0 Å². The van der Waals surface area contributed by atoms with Crippen LogP contribution < -0.4 is 5.32 Å². The first-order valence-corrected chi connectivity index (χ1v) is 4.79. The third-order valence-electron chi connectivity index (χ3n) is 2.75. The molecule has 0 atom stereocenters. The molecule has 0 saturated heterocycles. The molecule has 3 heteroatoms. The molecule has 1 aliphatic heterocycles. The number of carbonyl (C=O) groups is 1. The lowest BCUT2D eigenvalue weighted by atomic mass is 9.77. The molecule has 2 aliphatic rings. The molecule has 14 heavy (non-hydrogen) atoms. The Hall–Kier alpha value is -1.51. The third-order valence-corrected chi connectivity index (χ3v) is 2.75. The second-order valence-corrected chi connectivity index (χ2v) is 3.53. The third kappa shape index (κ3) is 1.45. The lowest BCUT2D eigenvalue weighted by Crippen LogP contribution is -2.45. The van der Waals surface area contributed by atoms with Crippen molar-refractivity contribution in [2.45, 2.75) is 24.9 Å². The fraction of sp³-hybridized carbons (Fsp3) is 0.364. The van der Waals surface area contributed by atoms with Crippen LogP contribution in [0.15, 0.2) is 36.2 Å². The van der Waals surface area contributed by atoms with Crippen molar-refractivity contribution in [2.75, 3.05) is 0 Å². The fourth-order valence-corrected chi connectivity index (χ4v) is 1.78. The zero-order valence-corrected chi connectivity index (χ0v) is 7.90. The van der Waals surface area contributed by atoms with Crippen LogP contribution in [0.3, 0.4) is 0 Å². The van der Waals surface area contributed by atoms with E-state index in [2.05, 4.69) is 5.32 Å². The molecule has 2 rings (SSSR count). The number of carbonyl (C=O) groups excluding carboxylic acids is 1. The number of rotatable bonds is 3. The number of ether oxygens (including phenoxy) is 1. The minimum Gasteiger partial charge on any atom is -0.455 e. The van der Waals surface area contributed by atoms with Crippen LogP contribution in [-0.4, -0.2) is 12.1 Å². The van der Waals surface area contributed by atoms with Crippen molar-refractivity contribution in [3.63, 3.8) is 0 Å². The number of nitrogens with one attached hydrogen (secondary N) is 1. The maximum atomic E-state index is 10.4. The Labute approximate surface area is 83.1 Å². The number of hydrogen-bond acceptors (Lipinski definition) is 3. The molecular formula is C11H13NO2. The summed E-state index contributed by atoms with van der Waals surface area (Å²) in [6.07, 6.45) is 12.5. The van der Waals surface area contributed by atoms with E-state index in [4.69, 9.17) is 4.74 Å². The van der Waals surface area contributed by atoms with Gasteiger partial charge in [-0.1, -0.05) is 12.2 Å². The lowest BCUT2D eigenvalue weighted by molar-refractivity contribution is -0.147. The molecule has 1 heterocycles. The summed E-state index contributed by atoms with van der Waals surface area (Å²) in [5.74, 6) is 0. The van der Waals surface area contributed by atoms with Gasteiger partial charge in [-0.25, -0.2) is 0 Å². The molecule has 1 aliphatic carbocycles. The van der Waals surface area contributed by atoms with Crippen LogP contribution in [0.4, 0.5) is 0 Å². The van der Waals surface area contributed by atoms with Gasteiger partial charge in [0.2, 0.25) is 0 Å². The molecule has 0 amide bonds. The summed E-state index contributed by atoms with van der Waals surface area (Å²) in [7, 11) is 0. The second-order valence-electron chi connectivity index (χ2n) is 3.53. The van der Waals surface area contributed by atoms with Crippen LogP contribution in [0, 0.1) is 0 Å². The van der Waals surface area contributed by atoms with Gasteiger partial charge in [-0.05, 0) is 31.4 Å². The predicted octanol–water partition coefficient (Wildman–Crippen LogP) is 1.64. The van der Waals surface area contributed by atoms with Crippen LogP contribution in [0.2, 0.25) is 0 Å². The fourth-order valence-electron chi connectivity index (χ4n) is 1.78. The summed E-state index contributed by atoms with van der Waals surface area (Å²) in [6, 6.07) is 0. The van der Waals surface area contributed by atoms with Gasteiger partial charge in [-0.15, -0.1) is 0 Å². The van der Waals surface area contributed by atoms with Gasteiger partial charge >= 0.3 is 0 Å². The number of allylic oxidation sites excluding steroid dienone is 4. The highest BCUT2D eigenvalue weighted by molar-refractivity contribution is 5.42. The molecule has 0 unspecified atom stereocenters. The van der Waals surface area contributed by atoms with Gasteiger partial charge in [0.05, 0.1) is 5.70 Å². The van der Waals surface area contributed by atoms with E-state index in [9.17, 15) is 4.79 Å². The van der Waals surface area contributed by atoms with E-state index in [0.717, 1.165) is 25.0 Å². The summed E-state index contributed by atoms with van der Waals surface area (Å²) in [6.45, 7) is 0.542. The zero-order valence-electron chi connectivity index (χ0n) is 7.90. The van der Waals surface area contributed by atoms with Crippen LogP contribution in [0.25, 0.3) is 0 Å². The van der Waals surface area contributed by atoms with Crippen molar-refractivity contribution < 1.29 is 9.53 Å². The van der Waals surface area contributed by atoms with E-state index in [-0.39, 0.29) is 5.60 Å². The van der Waals surface area contributed by atoms with E-state index in [1.807, 2.05) is 30.5 Å². The van der Waals surface area contributed by atoms with Gasteiger partial charge in [0.1, 0.15) is 0 Å². The Balaban J connectivity index is 2.18. The summed E-state index contributed by atoms with van der Waals surface area (Å²) in [5.41, 5.74) is 0.585. The first-order chi connectivity index (χ1) is 6.87. The SMILES string of the molecule is O=COC1(C2=CC=CC=CN2)CCC1. The van der Waals surface area contributed by atoms with Crippen LogP contribution in [0.5, 0.6) is 0 Å². The van der Waals surface area contributed by atoms with Crippen molar-refractivity contribution >= 4 is 6.47 Å². The minimum atomic E-state index is -0.388. The van der Waals surface area contributed by atoms with Crippen LogP contribution in [-0.2, 0) is 9.53 Å². The minimum absolute atomic E-state index is 0.388. The normalized spacial score (nSPS) is 22.7. The average Bonchev–Trinajstić information content (AvgIpc) is 2.39. The van der Waals surface area contributed by atoms with Gasteiger partial charge in [0, 0.05) is 6.20 Å². The molecular weight excluding hydrogens is 178 g/mol. The van der Waals surface area contributed by atoms with Gasteiger partial charge in [-0.2, -0.15) is 0 Å². The highest BCUT2D eigenvalue weighted by atomic mass is 16.5. The van der Waals surface area contributed by atoms with E-state index in [0.29, 0.717) is 6.47 Å². The average molecular weight is 191 g/mol. The number of hydrogen-bond donors (Lipinski definition) is 1. The summed E-state index contributed by atoms with van der Waals surface area (Å²) in [5, 5.41) is 3.14. The smallest absolute Gasteiger partial charge is 0.294 e. The molecule has 0 aromatic heterocycles. The summed E-state index contributed by atoms with van der Waals surface area (Å²) in [4.78, 5) is 10.4. The second kappa shape index (κ2) is 3.70. The molecule has 0 bridgehead atoms. The maximum absolute atomic E-state index is 10.4. The van der Waals surface area contributed by atoms with Gasteiger partial charge in [-0.3, -0.25) is 4.79 Å². The van der Waals surface area contributed by atoms with E-state index in [1.165, 1.54) is 0 Å². The Morgan fingerprint density at radius 1 is 1.36 bits per heavy atom. The summed E-state index contributed by atoms with van der Waals surface area (Å²) >= 11 is 0. The quantitative estimate of drug-likeness (QED) is 0.689. The van der Waals surface area contributed by atoms with Crippen molar-refractivity contribution in [2.24, 2.45) is 0 Å². The molecule has 74 valence electrons. The molecule has 0 radical (unpaired) electrons. The van der Waals surface area contributed by atoms with Crippen molar-refractivity contribution in [3.8, 4) is 0 Å². The largest absolute Gasteiger partial charge is 0.455 e. The molecule has 1 fully saturated rings. The van der Waals surface area contributed by atoms with E-state index >= 15 is 0 Å². The Bertz CT molecular complexity index is 311. The first-order valence-electron chi connectivity index (χ1n) is 4.79. The highest BCUT2D eigenvalue weighted by Gasteiger charge is 2.42. The van der Waals surface area contributed by atoms with E-state index in [1.54, 1.807) is 0 Å². The molecule has 0 spiro atoms. The molecule has 1 saturated carbocycles. The van der Waals surface area contributed by atoms with Crippen molar-refractivity contribution in [3.05, 3.63) is 36.2 Å². The van der Waals surface area contributed by atoms with Gasteiger partial charge in [0.15, 0.2) is 5.60 Å². The monoisotopic (exact) mass is 191 g/mol. The zero-order chi connectivity index (χ0) is 9.86.